The molecule has 1 amide bonds. The van der Waals surface area contributed by atoms with E-state index in [9.17, 15) is 13.2 Å². The molecule has 0 bridgehead atoms. The molecule has 0 saturated carbocycles. The van der Waals surface area contributed by atoms with Crippen LogP contribution in [0.2, 0.25) is 0 Å². The van der Waals surface area contributed by atoms with Crippen LogP contribution in [-0.2, 0) is 10.0 Å². The molecule has 0 aliphatic carbocycles. The van der Waals surface area contributed by atoms with Crippen molar-refractivity contribution in [2.75, 3.05) is 31.5 Å². The number of rotatable bonds is 9. The molecule has 0 atom stereocenters. The second-order valence-electron chi connectivity index (χ2n) is 8.25. The lowest BCUT2D eigenvalue weighted by Crippen LogP contribution is -2.45. The van der Waals surface area contributed by atoms with Crippen molar-refractivity contribution in [3.63, 3.8) is 0 Å². The summed E-state index contributed by atoms with van der Waals surface area (Å²) < 4.78 is 33.4. The Labute approximate surface area is 191 Å². The second kappa shape index (κ2) is 10.8. The van der Waals surface area contributed by atoms with Crippen molar-refractivity contribution in [1.82, 2.24) is 10.2 Å². The van der Waals surface area contributed by atoms with Crippen molar-refractivity contribution in [1.29, 1.82) is 0 Å². The first-order valence-electron chi connectivity index (χ1n) is 11.1. The second-order valence-corrected chi connectivity index (χ2v) is 9.94. The molecular formula is C24H33N3O4S. The van der Waals surface area contributed by atoms with E-state index in [0.29, 0.717) is 17.0 Å². The van der Waals surface area contributed by atoms with E-state index < -0.39 is 10.0 Å². The normalized spacial score (nSPS) is 15.3. The van der Waals surface area contributed by atoms with Crippen LogP contribution in [0.1, 0.15) is 48.5 Å². The van der Waals surface area contributed by atoms with Crippen LogP contribution >= 0.6 is 0 Å². The third kappa shape index (κ3) is 6.23. The van der Waals surface area contributed by atoms with Crippen molar-refractivity contribution in [2.45, 2.75) is 50.5 Å². The Balaban J connectivity index is 1.67. The van der Waals surface area contributed by atoms with Gasteiger partial charge in [-0.1, -0.05) is 19.4 Å². The molecule has 1 heterocycles. The van der Waals surface area contributed by atoms with Crippen molar-refractivity contribution in [3.05, 3.63) is 53.6 Å². The van der Waals surface area contributed by atoms with Gasteiger partial charge in [0.2, 0.25) is 0 Å². The van der Waals surface area contributed by atoms with E-state index in [2.05, 4.69) is 21.9 Å². The van der Waals surface area contributed by atoms with Gasteiger partial charge in [-0.15, -0.1) is 0 Å². The SMILES string of the molecule is CCCCN1CCC(NC(=O)c2cc(S(=O)(=O)Nc3ccc(OC)cc3)ccc2C)CC1. The van der Waals surface area contributed by atoms with Gasteiger partial charge in [0.1, 0.15) is 5.75 Å². The van der Waals surface area contributed by atoms with Crippen LogP contribution in [0.4, 0.5) is 5.69 Å². The number of ether oxygens (including phenoxy) is 1. The number of sulfonamides is 1. The predicted octanol–water partition coefficient (Wildman–Crippen LogP) is 3.80. The number of nitrogens with zero attached hydrogens (tertiary/aromatic N) is 1. The van der Waals surface area contributed by atoms with Gasteiger partial charge in [0.25, 0.3) is 15.9 Å². The molecule has 7 nitrogen and oxygen atoms in total. The zero-order valence-electron chi connectivity index (χ0n) is 19.1. The van der Waals surface area contributed by atoms with E-state index in [0.717, 1.165) is 38.0 Å². The predicted molar refractivity (Wildman–Crippen MR) is 127 cm³/mol. The van der Waals surface area contributed by atoms with Crippen LogP contribution in [0, 0.1) is 6.92 Å². The van der Waals surface area contributed by atoms with Gasteiger partial charge in [0.05, 0.1) is 12.0 Å². The van der Waals surface area contributed by atoms with E-state index in [1.165, 1.54) is 25.0 Å². The highest BCUT2D eigenvalue weighted by Crippen LogP contribution is 2.22. The van der Waals surface area contributed by atoms with Crippen LogP contribution < -0.4 is 14.8 Å². The van der Waals surface area contributed by atoms with Crippen molar-refractivity contribution < 1.29 is 17.9 Å². The fourth-order valence-electron chi connectivity index (χ4n) is 3.83. The molecule has 2 N–H and O–H groups in total. The van der Waals surface area contributed by atoms with Gasteiger partial charge in [0.15, 0.2) is 0 Å². The Kier molecular flexibility index (Phi) is 8.15. The lowest BCUT2D eigenvalue weighted by Gasteiger charge is -2.32. The van der Waals surface area contributed by atoms with E-state index in [4.69, 9.17) is 4.74 Å². The molecule has 2 aromatic rings. The summed E-state index contributed by atoms with van der Waals surface area (Å²) in [6.07, 6.45) is 4.20. The van der Waals surface area contributed by atoms with Crippen LogP contribution in [0.25, 0.3) is 0 Å². The first kappa shape index (κ1) is 24.1. The fraction of sp³-hybridized carbons (Fsp3) is 0.458. The Morgan fingerprint density at radius 2 is 1.81 bits per heavy atom. The van der Waals surface area contributed by atoms with Gasteiger partial charge in [-0.25, -0.2) is 8.42 Å². The summed E-state index contributed by atoms with van der Waals surface area (Å²) in [4.78, 5) is 15.4. The lowest BCUT2D eigenvalue weighted by atomic mass is 10.0. The number of likely N-dealkylation sites (tertiary alicyclic amines) is 1. The third-order valence-corrected chi connectivity index (χ3v) is 7.24. The van der Waals surface area contributed by atoms with Gasteiger partial charge >= 0.3 is 0 Å². The molecule has 0 aromatic heterocycles. The molecule has 1 aliphatic rings. The molecule has 32 heavy (non-hydrogen) atoms. The summed E-state index contributed by atoms with van der Waals surface area (Å²) in [6, 6.07) is 11.4. The Morgan fingerprint density at radius 1 is 1.12 bits per heavy atom. The minimum Gasteiger partial charge on any atom is -0.497 e. The number of hydrogen-bond donors (Lipinski definition) is 2. The van der Waals surface area contributed by atoms with Gasteiger partial charge in [-0.3, -0.25) is 9.52 Å². The lowest BCUT2D eigenvalue weighted by molar-refractivity contribution is 0.0910. The molecule has 0 spiro atoms. The minimum absolute atomic E-state index is 0.0541. The number of carbonyl (C=O) groups excluding carboxylic acids is 1. The quantitative estimate of drug-likeness (QED) is 0.596. The summed E-state index contributed by atoms with van der Waals surface area (Å²) in [5.41, 5.74) is 1.55. The highest BCUT2D eigenvalue weighted by Gasteiger charge is 2.23. The average molecular weight is 460 g/mol. The monoisotopic (exact) mass is 459 g/mol. The van der Waals surface area contributed by atoms with Crippen molar-refractivity contribution >= 4 is 21.6 Å². The topological polar surface area (TPSA) is 87.7 Å². The van der Waals surface area contributed by atoms with Crippen LogP contribution in [0.5, 0.6) is 5.75 Å². The molecular weight excluding hydrogens is 426 g/mol. The number of nitrogens with one attached hydrogen (secondary N) is 2. The molecule has 8 heteroatoms. The largest absolute Gasteiger partial charge is 0.497 e. The maximum absolute atomic E-state index is 12.9. The highest BCUT2D eigenvalue weighted by molar-refractivity contribution is 7.92. The number of aryl methyl sites for hydroxylation is 1. The molecule has 2 aromatic carbocycles. The molecule has 1 aliphatic heterocycles. The van der Waals surface area contributed by atoms with Crippen molar-refractivity contribution in [2.24, 2.45) is 0 Å². The smallest absolute Gasteiger partial charge is 0.261 e. The molecule has 174 valence electrons. The summed E-state index contributed by atoms with van der Waals surface area (Å²) in [7, 11) is -2.28. The third-order valence-electron chi connectivity index (χ3n) is 5.86. The zero-order valence-corrected chi connectivity index (χ0v) is 19.9. The summed E-state index contributed by atoms with van der Waals surface area (Å²) >= 11 is 0. The Bertz CT molecular complexity index is 1010. The summed E-state index contributed by atoms with van der Waals surface area (Å²) in [5, 5.41) is 3.10. The Morgan fingerprint density at radius 3 is 2.44 bits per heavy atom. The van der Waals surface area contributed by atoms with E-state index in [1.807, 2.05) is 6.92 Å². The number of anilines is 1. The summed E-state index contributed by atoms with van der Waals surface area (Å²) in [6.45, 7) is 7.07. The van der Waals surface area contributed by atoms with E-state index in [-0.39, 0.29) is 16.8 Å². The first-order valence-corrected chi connectivity index (χ1v) is 12.6. The molecule has 0 unspecified atom stereocenters. The van der Waals surface area contributed by atoms with Crippen LogP contribution in [0.3, 0.4) is 0 Å². The zero-order chi connectivity index (χ0) is 23.1. The van der Waals surface area contributed by atoms with Gasteiger partial charge in [0, 0.05) is 30.4 Å². The molecule has 1 fully saturated rings. The van der Waals surface area contributed by atoms with Gasteiger partial charge in [-0.2, -0.15) is 0 Å². The number of hydrogen-bond acceptors (Lipinski definition) is 5. The average Bonchev–Trinajstić information content (AvgIpc) is 2.79. The van der Waals surface area contributed by atoms with Crippen LogP contribution in [0.15, 0.2) is 47.4 Å². The van der Waals surface area contributed by atoms with E-state index >= 15 is 0 Å². The molecule has 0 radical (unpaired) electrons. The maximum Gasteiger partial charge on any atom is 0.261 e. The van der Waals surface area contributed by atoms with Crippen LogP contribution in [-0.4, -0.2) is 52.0 Å². The van der Waals surface area contributed by atoms with Gasteiger partial charge in [-0.05, 0) is 74.7 Å². The minimum atomic E-state index is -3.83. The number of piperidine rings is 1. The van der Waals surface area contributed by atoms with Gasteiger partial charge < -0.3 is 15.0 Å². The number of unbranched alkanes of at least 4 members (excludes halogenated alkanes) is 1. The fourth-order valence-corrected chi connectivity index (χ4v) is 4.92. The number of benzene rings is 2. The first-order chi connectivity index (χ1) is 15.3. The summed E-state index contributed by atoms with van der Waals surface area (Å²) in [5.74, 6) is 0.412. The maximum atomic E-state index is 12.9. The number of amides is 1. The number of methoxy groups -OCH3 is 1. The highest BCUT2D eigenvalue weighted by atomic mass is 32.2. The molecule has 1 saturated heterocycles. The molecule has 3 rings (SSSR count). The standard InChI is InChI=1S/C24H33N3O4S/c1-4-5-14-27-15-12-19(13-16-27)25-24(28)23-17-22(11-6-18(23)2)32(29,30)26-20-7-9-21(31-3)10-8-20/h6-11,17,19,26H,4-5,12-16H2,1-3H3,(H,25,28). The van der Waals surface area contributed by atoms with E-state index in [1.54, 1.807) is 37.4 Å². The Hall–Kier alpha value is -2.58. The number of carbonyl (C=O) groups is 1. The van der Waals surface area contributed by atoms with Crippen molar-refractivity contribution in [3.8, 4) is 5.75 Å².